The molecule has 160 valence electrons. The number of halogens is 3. The highest BCUT2D eigenvalue weighted by Crippen LogP contribution is 2.33. The van der Waals surface area contributed by atoms with E-state index in [0.29, 0.717) is 28.7 Å². The van der Waals surface area contributed by atoms with Crippen LogP contribution in [0.2, 0.25) is 0 Å². The van der Waals surface area contributed by atoms with E-state index in [1.807, 2.05) is 0 Å². The van der Waals surface area contributed by atoms with Crippen LogP contribution >= 0.6 is 11.8 Å². The molecule has 1 aromatic carbocycles. The lowest BCUT2D eigenvalue weighted by Gasteiger charge is -2.40. The smallest absolute Gasteiger partial charge is 0.267 e. The Morgan fingerprint density at radius 2 is 1.90 bits per heavy atom. The zero-order chi connectivity index (χ0) is 21.9. The second kappa shape index (κ2) is 9.11. The van der Waals surface area contributed by atoms with Crippen molar-refractivity contribution in [3.8, 4) is 0 Å². The summed E-state index contributed by atoms with van der Waals surface area (Å²) in [5, 5.41) is 2.34. The second-order valence-electron chi connectivity index (χ2n) is 7.48. The number of hydrogen-bond acceptors (Lipinski definition) is 4. The third kappa shape index (κ3) is 5.07. The molecule has 1 aliphatic heterocycles. The molecule has 0 bridgehead atoms. The minimum atomic E-state index is -1.62. The zero-order valence-corrected chi connectivity index (χ0v) is 17.9. The van der Waals surface area contributed by atoms with E-state index in [-0.39, 0.29) is 18.3 Å². The highest BCUT2D eigenvalue weighted by Gasteiger charge is 2.42. The molecule has 9 heteroatoms. The number of allylic oxidation sites excluding steroid dienone is 1. The van der Waals surface area contributed by atoms with Gasteiger partial charge in [-0.15, -0.1) is 11.8 Å². The van der Waals surface area contributed by atoms with Gasteiger partial charge >= 0.3 is 0 Å². The van der Waals surface area contributed by atoms with Crippen molar-refractivity contribution in [3.05, 3.63) is 40.2 Å². The lowest BCUT2D eigenvalue weighted by molar-refractivity contribution is -0.148. The molecule has 0 fully saturated rings. The van der Waals surface area contributed by atoms with Crippen LogP contribution in [0.5, 0.6) is 0 Å². The van der Waals surface area contributed by atoms with E-state index >= 15 is 0 Å². The largest absolute Gasteiger partial charge is 0.476 e. The highest BCUT2D eigenvalue weighted by molar-refractivity contribution is 8.04. The van der Waals surface area contributed by atoms with Gasteiger partial charge in [-0.3, -0.25) is 14.5 Å². The molecule has 1 aliphatic rings. The lowest BCUT2D eigenvalue weighted by atomic mass is 10.0. The minimum absolute atomic E-state index is 0.134. The number of nitrogens with zero attached hydrogens (tertiary/aromatic N) is 1. The van der Waals surface area contributed by atoms with Gasteiger partial charge in [0.2, 0.25) is 5.91 Å². The van der Waals surface area contributed by atoms with Gasteiger partial charge in [-0.1, -0.05) is 20.3 Å². The van der Waals surface area contributed by atoms with Crippen LogP contribution in [0, 0.1) is 23.4 Å². The topological polar surface area (TPSA) is 58.6 Å². The molecule has 1 aromatic rings. The van der Waals surface area contributed by atoms with Gasteiger partial charge in [-0.25, -0.2) is 13.2 Å². The molecule has 0 saturated heterocycles. The standard InChI is InChI=1S/C20H25F3N2O3S/c1-6-11(2)9-29-17-12(3)28-10-25(18(17)26)20(4,5)19(27)24-13-7-14(21)16(23)15(22)8-13/h7-8,11H,6,9-10H2,1-5H3,(H,24,27). The quantitative estimate of drug-likeness (QED) is 0.640. The van der Waals surface area contributed by atoms with Crippen LogP contribution < -0.4 is 5.32 Å². The first kappa shape index (κ1) is 23.1. The maximum absolute atomic E-state index is 13.4. The van der Waals surface area contributed by atoms with Crippen LogP contribution in [-0.2, 0) is 14.3 Å². The fourth-order valence-corrected chi connectivity index (χ4v) is 3.70. The number of thioether (sulfide) groups is 1. The van der Waals surface area contributed by atoms with Crippen molar-refractivity contribution in [1.29, 1.82) is 0 Å². The average Bonchev–Trinajstić information content (AvgIpc) is 2.65. The highest BCUT2D eigenvalue weighted by atomic mass is 32.2. The number of anilines is 1. The van der Waals surface area contributed by atoms with Crippen LogP contribution in [0.3, 0.4) is 0 Å². The Labute approximate surface area is 172 Å². The summed E-state index contributed by atoms with van der Waals surface area (Å²) in [5.74, 6) is -3.86. The molecule has 1 heterocycles. The fourth-order valence-electron chi connectivity index (χ4n) is 2.52. The lowest BCUT2D eigenvalue weighted by Crippen LogP contribution is -2.57. The Morgan fingerprint density at radius 1 is 1.31 bits per heavy atom. The molecule has 2 rings (SSSR count). The molecule has 0 spiro atoms. The molecule has 0 saturated carbocycles. The summed E-state index contributed by atoms with van der Waals surface area (Å²) in [5.41, 5.74) is -1.63. The van der Waals surface area contributed by atoms with E-state index in [1.54, 1.807) is 6.92 Å². The predicted octanol–water partition coefficient (Wildman–Crippen LogP) is 4.65. The molecule has 1 atom stereocenters. The number of nitrogens with one attached hydrogen (secondary N) is 1. The molecule has 2 amide bonds. The van der Waals surface area contributed by atoms with Gasteiger partial charge in [0.15, 0.2) is 24.2 Å². The minimum Gasteiger partial charge on any atom is -0.476 e. The van der Waals surface area contributed by atoms with Crippen LogP contribution in [0.25, 0.3) is 0 Å². The van der Waals surface area contributed by atoms with E-state index < -0.39 is 28.9 Å². The van der Waals surface area contributed by atoms with E-state index in [2.05, 4.69) is 19.2 Å². The second-order valence-corrected chi connectivity index (χ2v) is 8.51. The van der Waals surface area contributed by atoms with Gasteiger partial charge in [-0.2, -0.15) is 0 Å². The van der Waals surface area contributed by atoms with Gasteiger partial charge in [0.1, 0.15) is 16.2 Å². The molecule has 5 nitrogen and oxygen atoms in total. The van der Waals surface area contributed by atoms with Crippen molar-refractivity contribution in [2.75, 3.05) is 17.8 Å². The van der Waals surface area contributed by atoms with E-state index in [9.17, 15) is 22.8 Å². The average molecular weight is 430 g/mol. The van der Waals surface area contributed by atoms with Crippen LogP contribution in [0.4, 0.5) is 18.9 Å². The Bertz CT molecular complexity index is 819. The maximum atomic E-state index is 13.4. The molecule has 0 aromatic heterocycles. The molecular formula is C20H25F3N2O3S. The number of ether oxygens (including phenoxy) is 1. The van der Waals surface area contributed by atoms with Crippen LogP contribution in [0.1, 0.15) is 41.0 Å². The number of hydrogen-bond donors (Lipinski definition) is 1. The number of carbonyl (C=O) groups excluding carboxylic acids is 2. The van der Waals surface area contributed by atoms with Crippen molar-refractivity contribution in [3.63, 3.8) is 0 Å². The van der Waals surface area contributed by atoms with Crippen molar-refractivity contribution >= 4 is 29.3 Å². The molecule has 1 unspecified atom stereocenters. The molecule has 0 radical (unpaired) electrons. The third-order valence-electron chi connectivity index (χ3n) is 4.85. The molecular weight excluding hydrogens is 405 g/mol. The summed E-state index contributed by atoms with van der Waals surface area (Å²) in [6.07, 6.45) is 0.969. The van der Waals surface area contributed by atoms with Crippen LogP contribution in [-0.4, -0.2) is 34.7 Å². The van der Waals surface area contributed by atoms with Crippen molar-refractivity contribution in [2.45, 2.75) is 46.6 Å². The van der Waals surface area contributed by atoms with Crippen molar-refractivity contribution < 1.29 is 27.5 Å². The monoisotopic (exact) mass is 430 g/mol. The first-order chi connectivity index (χ1) is 13.5. The number of benzene rings is 1. The van der Waals surface area contributed by atoms with Gasteiger partial charge in [0.05, 0.1) is 0 Å². The molecule has 29 heavy (non-hydrogen) atoms. The van der Waals surface area contributed by atoms with Crippen LogP contribution in [0.15, 0.2) is 22.8 Å². The Morgan fingerprint density at radius 3 is 2.45 bits per heavy atom. The maximum Gasteiger partial charge on any atom is 0.267 e. The van der Waals surface area contributed by atoms with E-state index in [4.69, 9.17) is 4.74 Å². The van der Waals surface area contributed by atoms with Crippen molar-refractivity contribution in [2.24, 2.45) is 5.92 Å². The first-order valence-electron chi connectivity index (χ1n) is 9.23. The van der Waals surface area contributed by atoms with Gasteiger partial charge in [-0.05, 0) is 26.7 Å². The third-order valence-corrected chi connectivity index (χ3v) is 6.34. The SMILES string of the molecule is CCC(C)CSC1=C(C)OCN(C(C)(C)C(=O)Nc2cc(F)c(F)c(F)c2)C1=O. The predicted molar refractivity (Wildman–Crippen MR) is 106 cm³/mol. The van der Waals surface area contributed by atoms with Gasteiger partial charge in [0.25, 0.3) is 5.91 Å². The van der Waals surface area contributed by atoms with E-state index in [0.717, 1.165) is 12.2 Å². The summed E-state index contributed by atoms with van der Waals surface area (Å²) >= 11 is 1.38. The van der Waals surface area contributed by atoms with E-state index in [1.165, 1.54) is 30.5 Å². The number of amides is 2. The summed E-state index contributed by atoms with van der Waals surface area (Å²) in [6.45, 7) is 8.70. The Balaban J connectivity index is 2.19. The fraction of sp³-hybridized carbons (Fsp3) is 0.500. The summed E-state index contributed by atoms with van der Waals surface area (Å²) in [7, 11) is 0. The first-order valence-corrected chi connectivity index (χ1v) is 10.2. The number of rotatable bonds is 7. The van der Waals surface area contributed by atoms with Crippen molar-refractivity contribution in [1.82, 2.24) is 4.90 Å². The summed E-state index contributed by atoms with van der Waals surface area (Å²) in [4.78, 5) is 27.5. The molecule has 1 N–H and O–H groups in total. The van der Waals surface area contributed by atoms with Gasteiger partial charge < -0.3 is 10.1 Å². The summed E-state index contributed by atoms with van der Waals surface area (Å²) in [6, 6.07) is 1.36. The van der Waals surface area contributed by atoms with Gasteiger partial charge in [0, 0.05) is 23.6 Å². The Kier molecular flexibility index (Phi) is 7.26. The summed E-state index contributed by atoms with van der Waals surface area (Å²) < 4.78 is 45.5. The molecule has 0 aliphatic carbocycles. The normalized spacial score (nSPS) is 16.0. The number of carbonyl (C=O) groups is 2. The zero-order valence-electron chi connectivity index (χ0n) is 17.1. The Hall–Kier alpha value is -2.16.